The Kier molecular flexibility index (Phi) is 6.17. The first kappa shape index (κ1) is 18.6. The number of thiophene rings is 1. The second-order valence-corrected chi connectivity index (χ2v) is 9.59. The summed E-state index contributed by atoms with van der Waals surface area (Å²) in [7, 11) is 0. The van der Waals surface area contributed by atoms with Gasteiger partial charge in [-0.1, -0.05) is 62.4 Å². The van der Waals surface area contributed by atoms with Crippen LogP contribution in [0.5, 0.6) is 0 Å². The molecule has 0 amide bonds. The minimum atomic E-state index is 0.560. The van der Waals surface area contributed by atoms with Crippen LogP contribution in [0.25, 0.3) is 11.4 Å². The minimum absolute atomic E-state index is 0.560. The maximum Gasteiger partial charge on any atom is 0.237 e. The number of nitrogens with zero attached hydrogens (tertiary/aromatic N) is 4. The predicted octanol–water partition coefficient (Wildman–Crippen LogP) is 5.36. The molecule has 3 aromatic heterocycles. The van der Waals surface area contributed by atoms with E-state index < -0.39 is 0 Å². The lowest BCUT2D eigenvalue weighted by Crippen LogP contribution is -2.03. The van der Waals surface area contributed by atoms with Crippen LogP contribution in [-0.2, 0) is 12.2 Å². The highest BCUT2D eigenvalue weighted by atomic mass is 79.9. The Balaban J connectivity index is 1.28. The molecule has 0 fully saturated rings. The number of anilines is 1. The number of halogens is 1. The number of hydrogen-bond acceptors (Lipinski definition) is 9. The molecule has 0 spiro atoms. The number of hydrogen-bond donors (Lipinski definition) is 1. The molecule has 0 radical (unpaired) electrons. The van der Waals surface area contributed by atoms with Crippen LogP contribution in [0.1, 0.15) is 10.8 Å². The lowest BCUT2D eigenvalue weighted by Gasteiger charge is -1.98. The molecule has 138 valence electrons. The van der Waals surface area contributed by atoms with Gasteiger partial charge in [-0.05, 0) is 30.0 Å². The fourth-order valence-corrected chi connectivity index (χ4v) is 4.99. The lowest BCUT2D eigenvalue weighted by atomic mass is 10.2. The van der Waals surface area contributed by atoms with Gasteiger partial charge in [0.25, 0.3) is 0 Å². The zero-order valence-corrected chi connectivity index (χ0v) is 18.0. The van der Waals surface area contributed by atoms with Gasteiger partial charge in [-0.2, -0.15) is 4.98 Å². The fraction of sp³-hybridized carbons (Fsp3) is 0.176. The highest BCUT2D eigenvalue weighted by molar-refractivity contribution is 9.10. The highest BCUT2D eigenvalue weighted by Gasteiger charge is 2.11. The van der Waals surface area contributed by atoms with Crippen molar-refractivity contribution in [3.63, 3.8) is 0 Å². The largest absolute Gasteiger partial charge is 0.360 e. The molecule has 0 aliphatic heterocycles. The maximum atomic E-state index is 5.34. The van der Waals surface area contributed by atoms with E-state index in [2.05, 4.69) is 59.1 Å². The van der Waals surface area contributed by atoms with Crippen LogP contribution in [0.3, 0.4) is 0 Å². The molecular formula is C17H14BrN5OS3. The molecule has 4 rings (SSSR count). The monoisotopic (exact) mass is 479 g/mol. The van der Waals surface area contributed by atoms with Gasteiger partial charge in [-0.25, -0.2) is 0 Å². The first-order chi connectivity index (χ1) is 13.3. The minimum Gasteiger partial charge on any atom is -0.360 e. The van der Waals surface area contributed by atoms with Crippen molar-refractivity contribution >= 4 is 55.5 Å². The Hall–Kier alpha value is -1.75. The zero-order valence-electron chi connectivity index (χ0n) is 14.0. The summed E-state index contributed by atoms with van der Waals surface area (Å²) in [5, 5.41) is 18.7. The summed E-state index contributed by atoms with van der Waals surface area (Å²) < 4.78 is 7.19. The summed E-state index contributed by atoms with van der Waals surface area (Å²) in [5.74, 6) is 1.71. The van der Waals surface area contributed by atoms with Crippen molar-refractivity contribution in [2.45, 2.75) is 16.5 Å². The highest BCUT2D eigenvalue weighted by Crippen LogP contribution is 2.29. The number of aromatic nitrogens is 4. The SMILES string of the molecule is Brc1cccc(-c2noc(CSc3nnc(NCCc4cccs4)s3)n2)c1. The molecule has 0 aliphatic carbocycles. The summed E-state index contributed by atoms with van der Waals surface area (Å²) in [5.41, 5.74) is 0.914. The number of benzene rings is 1. The van der Waals surface area contributed by atoms with E-state index in [4.69, 9.17) is 4.52 Å². The van der Waals surface area contributed by atoms with Crippen LogP contribution in [0, 0.1) is 0 Å². The third-order valence-corrected chi connectivity index (χ3v) is 6.93. The molecule has 0 saturated heterocycles. The topological polar surface area (TPSA) is 76.7 Å². The lowest BCUT2D eigenvalue weighted by molar-refractivity contribution is 0.391. The summed E-state index contributed by atoms with van der Waals surface area (Å²) in [6.07, 6.45) is 0.986. The fourth-order valence-electron chi connectivity index (χ4n) is 2.27. The molecule has 0 aliphatic rings. The molecule has 0 saturated carbocycles. The second-order valence-electron chi connectivity index (χ2n) is 5.44. The molecule has 0 atom stereocenters. The van der Waals surface area contributed by atoms with E-state index in [1.54, 1.807) is 11.3 Å². The standard InChI is InChI=1S/C17H14BrN5OS3/c18-12-4-1-3-11(9-12)15-20-14(24-23-15)10-26-17-22-21-16(27-17)19-7-6-13-5-2-8-25-13/h1-5,8-9H,6-7,10H2,(H,19,21). The van der Waals surface area contributed by atoms with Crippen molar-refractivity contribution in [1.82, 2.24) is 20.3 Å². The van der Waals surface area contributed by atoms with E-state index >= 15 is 0 Å². The van der Waals surface area contributed by atoms with Crippen LogP contribution in [0.4, 0.5) is 5.13 Å². The van der Waals surface area contributed by atoms with Crippen molar-refractivity contribution in [2.75, 3.05) is 11.9 Å². The van der Waals surface area contributed by atoms with Crippen molar-refractivity contribution in [3.05, 3.63) is 57.0 Å². The van der Waals surface area contributed by atoms with Gasteiger partial charge >= 0.3 is 0 Å². The first-order valence-corrected chi connectivity index (χ1v) is 11.5. The predicted molar refractivity (Wildman–Crippen MR) is 113 cm³/mol. The average molecular weight is 480 g/mol. The molecule has 6 nitrogen and oxygen atoms in total. The maximum absolute atomic E-state index is 5.34. The Labute approximate surface area is 176 Å². The van der Waals surface area contributed by atoms with Crippen LogP contribution in [0.2, 0.25) is 0 Å². The van der Waals surface area contributed by atoms with Gasteiger partial charge in [0.05, 0.1) is 5.75 Å². The molecule has 3 heterocycles. The van der Waals surface area contributed by atoms with Crippen LogP contribution in [-0.4, -0.2) is 26.9 Å². The quantitative estimate of drug-likeness (QED) is 0.340. The van der Waals surface area contributed by atoms with Gasteiger partial charge in [-0.3, -0.25) is 0 Å². The summed E-state index contributed by atoms with van der Waals surface area (Å²) in [4.78, 5) is 5.80. The van der Waals surface area contributed by atoms with Gasteiger partial charge in [-0.15, -0.1) is 21.5 Å². The van der Waals surface area contributed by atoms with Gasteiger partial charge in [0.1, 0.15) is 0 Å². The van der Waals surface area contributed by atoms with Gasteiger partial charge < -0.3 is 9.84 Å². The molecule has 0 bridgehead atoms. The van der Waals surface area contributed by atoms with Crippen LogP contribution < -0.4 is 5.32 Å². The average Bonchev–Trinajstić information content (AvgIpc) is 3.42. The Morgan fingerprint density at radius 2 is 2.15 bits per heavy atom. The Morgan fingerprint density at radius 1 is 1.19 bits per heavy atom. The van der Waals surface area contributed by atoms with E-state index in [0.717, 1.165) is 32.5 Å². The van der Waals surface area contributed by atoms with Crippen molar-refractivity contribution in [2.24, 2.45) is 0 Å². The zero-order chi connectivity index (χ0) is 18.5. The summed E-state index contributed by atoms with van der Waals surface area (Å²) >= 11 is 8.29. The Morgan fingerprint density at radius 3 is 3.00 bits per heavy atom. The van der Waals surface area contributed by atoms with E-state index in [1.807, 2.05) is 24.3 Å². The van der Waals surface area contributed by atoms with Crippen LogP contribution >= 0.6 is 50.4 Å². The van der Waals surface area contributed by atoms with Gasteiger partial charge in [0.15, 0.2) is 4.34 Å². The van der Waals surface area contributed by atoms with Gasteiger partial charge in [0.2, 0.25) is 16.8 Å². The van der Waals surface area contributed by atoms with E-state index in [1.165, 1.54) is 28.0 Å². The smallest absolute Gasteiger partial charge is 0.237 e. The van der Waals surface area contributed by atoms with Crippen molar-refractivity contribution in [3.8, 4) is 11.4 Å². The molecule has 0 unspecified atom stereocenters. The molecule has 4 aromatic rings. The molecule has 10 heteroatoms. The molecule has 27 heavy (non-hydrogen) atoms. The number of thioether (sulfide) groups is 1. The van der Waals surface area contributed by atoms with Crippen molar-refractivity contribution in [1.29, 1.82) is 0 Å². The van der Waals surface area contributed by atoms with E-state index in [-0.39, 0.29) is 0 Å². The Bertz CT molecular complexity index is 1000. The van der Waals surface area contributed by atoms with Crippen molar-refractivity contribution < 1.29 is 4.52 Å². The van der Waals surface area contributed by atoms with E-state index in [0.29, 0.717) is 17.5 Å². The number of rotatable bonds is 8. The first-order valence-electron chi connectivity index (χ1n) is 8.07. The molecule has 1 aromatic carbocycles. The second kappa shape index (κ2) is 8.96. The summed E-state index contributed by atoms with van der Waals surface area (Å²) in [6, 6.07) is 12.0. The third kappa shape index (κ3) is 5.16. The molecular weight excluding hydrogens is 466 g/mol. The van der Waals surface area contributed by atoms with Gasteiger partial charge in [0, 0.05) is 21.5 Å². The molecule has 1 N–H and O–H groups in total. The van der Waals surface area contributed by atoms with E-state index in [9.17, 15) is 0 Å². The number of nitrogens with one attached hydrogen (secondary N) is 1. The third-order valence-electron chi connectivity index (χ3n) is 3.50. The summed E-state index contributed by atoms with van der Waals surface area (Å²) in [6.45, 7) is 0.847. The normalized spacial score (nSPS) is 11.0. The van der Waals surface area contributed by atoms with Crippen LogP contribution in [0.15, 0.2) is 55.1 Å².